The van der Waals surface area contributed by atoms with Crippen LogP contribution in [0.3, 0.4) is 0 Å². The average molecular weight is 453 g/mol. The summed E-state index contributed by atoms with van der Waals surface area (Å²) < 4.78 is 42.6. The van der Waals surface area contributed by atoms with E-state index < -0.39 is 34.0 Å². The second kappa shape index (κ2) is 9.31. The van der Waals surface area contributed by atoms with Crippen molar-refractivity contribution in [2.75, 3.05) is 13.2 Å². The van der Waals surface area contributed by atoms with Gasteiger partial charge in [-0.05, 0) is 50.4 Å². The van der Waals surface area contributed by atoms with Crippen molar-refractivity contribution >= 4 is 16.4 Å². The predicted octanol–water partition coefficient (Wildman–Crippen LogP) is -1.40. The molecule has 0 spiro atoms. The monoisotopic (exact) mass is 452 g/mol. The Morgan fingerprint density at radius 2 is 1.97 bits per heavy atom. The fraction of sp³-hybridized carbons (Fsp3) is 0.750. The summed E-state index contributed by atoms with van der Waals surface area (Å²) in [5, 5.41) is 20.7. The third-order valence-electron chi connectivity index (χ3n) is 7.28. The molecule has 2 N–H and O–H groups in total. The van der Waals surface area contributed by atoms with Gasteiger partial charge in [-0.25, -0.2) is 13.2 Å². The molecule has 0 bridgehead atoms. The van der Waals surface area contributed by atoms with Crippen molar-refractivity contribution in [3.8, 4) is 0 Å². The topological polar surface area (TPSA) is 133 Å². The quantitative estimate of drug-likeness (QED) is 0.130. The van der Waals surface area contributed by atoms with Gasteiger partial charge in [-0.1, -0.05) is 31.1 Å². The molecule has 30 heavy (non-hydrogen) atoms. The van der Waals surface area contributed by atoms with Gasteiger partial charge >= 0.3 is 35.5 Å². The van der Waals surface area contributed by atoms with Crippen molar-refractivity contribution in [3.63, 3.8) is 0 Å². The maximum absolute atomic E-state index is 11.8. The van der Waals surface area contributed by atoms with Crippen LogP contribution in [0.15, 0.2) is 22.8 Å². The number of hydrogen-bond donors (Lipinski definition) is 2. The molecule has 0 aromatic carbocycles. The Hall–Kier alpha value is -0.260. The number of esters is 1. The molecule has 2 aliphatic carbocycles. The van der Waals surface area contributed by atoms with Gasteiger partial charge in [-0.15, -0.1) is 0 Å². The zero-order valence-corrected chi connectivity index (χ0v) is 20.8. The molecule has 1 saturated heterocycles. The molecule has 3 rings (SSSR count). The summed E-state index contributed by atoms with van der Waals surface area (Å²) in [7, 11) is -4.86. The van der Waals surface area contributed by atoms with E-state index in [4.69, 9.17) is 4.74 Å². The first kappa shape index (κ1) is 26.0. The van der Waals surface area contributed by atoms with Gasteiger partial charge < -0.3 is 19.5 Å². The molecule has 2 fully saturated rings. The van der Waals surface area contributed by atoms with E-state index in [9.17, 15) is 28.0 Å². The van der Waals surface area contributed by atoms with E-state index in [-0.39, 0.29) is 59.7 Å². The number of allylic oxidation sites excluding steroid dienone is 3. The van der Waals surface area contributed by atoms with Crippen LogP contribution in [0, 0.1) is 16.7 Å². The van der Waals surface area contributed by atoms with Gasteiger partial charge in [0.1, 0.15) is 12.7 Å². The molecule has 3 aliphatic rings. The third-order valence-corrected chi connectivity index (χ3v) is 7.69. The van der Waals surface area contributed by atoms with E-state index in [1.165, 1.54) is 5.57 Å². The number of aliphatic hydroxyl groups excluding tert-OH is 2. The van der Waals surface area contributed by atoms with E-state index in [1.54, 1.807) is 13.0 Å². The zero-order chi connectivity index (χ0) is 21.6. The Balaban J connectivity index is 0.00000320. The van der Waals surface area contributed by atoms with E-state index in [2.05, 4.69) is 11.1 Å². The first-order chi connectivity index (χ1) is 13.4. The first-order valence-corrected chi connectivity index (χ1v) is 11.2. The van der Waals surface area contributed by atoms with Crippen LogP contribution in [0.2, 0.25) is 0 Å². The fourth-order valence-corrected chi connectivity index (χ4v) is 6.01. The molecule has 1 heterocycles. The van der Waals surface area contributed by atoms with Gasteiger partial charge in [0.2, 0.25) is 10.4 Å². The maximum atomic E-state index is 11.8. The molecule has 1 unspecified atom stereocenters. The van der Waals surface area contributed by atoms with Crippen LogP contribution in [0.4, 0.5) is 0 Å². The maximum Gasteiger partial charge on any atom is 1.00 e. The van der Waals surface area contributed by atoms with Crippen molar-refractivity contribution in [1.82, 2.24) is 0 Å². The molecule has 5 atom stereocenters. The average Bonchev–Trinajstić information content (AvgIpc) is 2.94. The standard InChI is InChI=1S/C20H30O8S.Na/c1-12-4-7-16-19(2,14(12)6-5-13-15(21)10-27-18(13)23)9-8-17(22)20(16,3)11-28-29(24,25)26;/h5,15-17,21-22H,4,6-11H2,1-3H3,(H,24,25,26);/q;+1/p-1/b13-5+;/t15-,16?,17-,19+,20+;/m1./s1. The number of fused-ring (bicyclic) bond motifs is 1. The van der Waals surface area contributed by atoms with Crippen molar-refractivity contribution in [2.24, 2.45) is 16.7 Å². The number of aliphatic hydroxyl groups is 2. The van der Waals surface area contributed by atoms with Gasteiger partial charge in [-0.3, -0.25) is 4.18 Å². The fourth-order valence-electron chi connectivity index (χ4n) is 5.61. The summed E-state index contributed by atoms with van der Waals surface area (Å²) >= 11 is 0. The van der Waals surface area contributed by atoms with Gasteiger partial charge in [-0.2, -0.15) is 0 Å². The molecule has 1 saturated carbocycles. The Kier molecular flexibility index (Phi) is 8.07. The smallest absolute Gasteiger partial charge is 0.726 e. The Morgan fingerprint density at radius 3 is 2.53 bits per heavy atom. The minimum absolute atomic E-state index is 0. The number of hydrogen-bond acceptors (Lipinski definition) is 8. The Labute approximate surface area is 200 Å². The van der Waals surface area contributed by atoms with Crippen molar-refractivity contribution in [3.05, 3.63) is 22.8 Å². The number of carbonyl (C=O) groups is 1. The van der Waals surface area contributed by atoms with Crippen LogP contribution in [0.5, 0.6) is 0 Å². The normalized spacial score (nSPS) is 38.3. The minimum atomic E-state index is -4.86. The SMILES string of the molecule is CC1=C(C/C=C2/C(=O)OC[C@H]2O)[C@]2(C)CC[C@@H](O)[C@@](C)(COS(=O)(=O)[O-])C2CC1.[Na+]. The number of rotatable bonds is 5. The summed E-state index contributed by atoms with van der Waals surface area (Å²) in [6.07, 6.45) is 3.11. The van der Waals surface area contributed by atoms with Crippen molar-refractivity contribution < 1.29 is 66.5 Å². The van der Waals surface area contributed by atoms with E-state index in [0.29, 0.717) is 19.3 Å². The van der Waals surface area contributed by atoms with Crippen LogP contribution in [0.25, 0.3) is 0 Å². The van der Waals surface area contributed by atoms with Crippen LogP contribution < -0.4 is 29.6 Å². The summed E-state index contributed by atoms with van der Waals surface area (Å²) in [5.74, 6) is -0.607. The van der Waals surface area contributed by atoms with Gasteiger partial charge in [0.05, 0.1) is 18.3 Å². The van der Waals surface area contributed by atoms with E-state index in [1.807, 2.05) is 6.92 Å². The molecule has 10 heteroatoms. The van der Waals surface area contributed by atoms with Gasteiger partial charge in [0, 0.05) is 5.41 Å². The van der Waals surface area contributed by atoms with E-state index >= 15 is 0 Å². The predicted molar refractivity (Wildman–Crippen MR) is 102 cm³/mol. The molecule has 0 radical (unpaired) electrons. The minimum Gasteiger partial charge on any atom is -0.726 e. The number of carbonyl (C=O) groups excluding carboxylic acids is 1. The Morgan fingerprint density at radius 1 is 1.30 bits per heavy atom. The summed E-state index contributed by atoms with van der Waals surface area (Å²) in [4.78, 5) is 11.8. The summed E-state index contributed by atoms with van der Waals surface area (Å²) in [5.41, 5.74) is 1.33. The van der Waals surface area contributed by atoms with Crippen molar-refractivity contribution in [2.45, 2.75) is 65.1 Å². The number of cyclic esters (lactones) is 1. The third kappa shape index (κ3) is 4.88. The van der Waals surface area contributed by atoms with E-state index in [0.717, 1.165) is 18.4 Å². The second-order valence-corrected chi connectivity index (χ2v) is 10.0. The second-order valence-electron chi connectivity index (χ2n) is 8.98. The molecular weight excluding hydrogens is 423 g/mol. The first-order valence-electron chi connectivity index (χ1n) is 9.91. The molecular formula is C20H29NaO8S. The molecule has 0 aromatic rings. The van der Waals surface area contributed by atoms with Crippen LogP contribution in [0.1, 0.15) is 52.9 Å². The molecule has 8 nitrogen and oxygen atoms in total. The molecule has 164 valence electrons. The van der Waals surface area contributed by atoms with Crippen molar-refractivity contribution in [1.29, 1.82) is 0 Å². The Bertz CT molecular complexity index is 851. The molecule has 1 aliphatic heterocycles. The van der Waals surface area contributed by atoms with Crippen LogP contribution in [-0.2, 0) is 24.1 Å². The number of ether oxygens (including phenoxy) is 1. The molecule has 0 aromatic heterocycles. The van der Waals surface area contributed by atoms with Gasteiger partial charge in [0.15, 0.2) is 0 Å². The molecule has 0 amide bonds. The van der Waals surface area contributed by atoms with Gasteiger partial charge in [0.25, 0.3) is 0 Å². The summed E-state index contributed by atoms with van der Waals surface area (Å²) in [6.45, 7) is 5.51. The zero-order valence-electron chi connectivity index (χ0n) is 18.0. The largest absolute Gasteiger partial charge is 1.00 e. The summed E-state index contributed by atoms with van der Waals surface area (Å²) in [6, 6.07) is 0. The van der Waals surface area contributed by atoms with Crippen LogP contribution >= 0.6 is 0 Å². The van der Waals surface area contributed by atoms with Crippen LogP contribution in [-0.4, -0.2) is 54.6 Å².